The van der Waals surface area contributed by atoms with Gasteiger partial charge in [0.1, 0.15) is 32.1 Å². The van der Waals surface area contributed by atoms with Gasteiger partial charge in [0.2, 0.25) is 23.1 Å². The summed E-state index contributed by atoms with van der Waals surface area (Å²) in [7, 11) is 1.71. The predicted octanol–water partition coefficient (Wildman–Crippen LogP) is 4.80. The topological polar surface area (TPSA) is 125 Å². The minimum atomic E-state index is -0.557. The normalized spacial score (nSPS) is 16.9. The Kier molecular flexibility index (Phi) is 4.59. The molecule has 3 aromatic heterocycles. The highest BCUT2D eigenvalue weighted by Crippen LogP contribution is 2.42. The minimum absolute atomic E-state index is 0.309. The van der Waals surface area contributed by atoms with E-state index in [4.69, 9.17) is 9.97 Å². The molecule has 0 saturated carbocycles. The van der Waals surface area contributed by atoms with Gasteiger partial charge in [-0.25, -0.2) is 9.97 Å². The van der Waals surface area contributed by atoms with Crippen LogP contribution in [-0.2, 0) is 16.6 Å². The van der Waals surface area contributed by atoms with E-state index < -0.39 is 23.1 Å². The second kappa shape index (κ2) is 8.01. The summed E-state index contributed by atoms with van der Waals surface area (Å²) in [6.45, 7) is 0. The molecule has 0 spiro atoms. The summed E-state index contributed by atoms with van der Waals surface area (Å²) < 4.78 is 1.60. The Balaban J connectivity index is 1.34. The number of allylic oxidation sites excluding steroid dienone is 2. The van der Waals surface area contributed by atoms with Gasteiger partial charge < -0.3 is 0 Å². The molecule has 2 aliphatic rings. The highest BCUT2D eigenvalue weighted by atomic mass is 32.1. The summed E-state index contributed by atoms with van der Waals surface area (Å²) in [4.78, 5) is 61.6. The van der Waals surface area contributed by atoms with Crippen LogP contribution in [0, 0.1) is 0 Å². The van der Waals surface area contributed by atoms with Gasteiger partial charge >= 0.3 is 0 Å². The number of nitrogens with zero attached hydrogens (tertiary/aromatic N) is 5. The van der Waals surface area contributed by atoms with Crippen LogP contribution in [-0.4, -0.2) is 48.1 Å². The Morgan fingerprint density at radius 1 is 0.575 bits per heavy atom. The van der Waals surface area contributed by atoms with E-state index in [1.54, 1.807) is 67.7 Å². The summed E-state index contributed by atoms with van der Waals surface area (Å²) in [5, 5.41) is 10.1. The fourth-order valence-corrected chi connectivity index (χ4v) is 7.40. The first-order valence-corrected chi connectivity index (χ1v) is 13.8. The molecule has 3 heterocycles. The molecule has 0 bridgehead atoms. The summed E-state index contributed by atoms with van der Waals surface area (Å²) in [6.07, 6.45) is 3.29. The monoisotopic (exact) mass is 559 g/mol. The molecule has 6 aromatic rings. The van der Waals surface area contributed by atoms with Gasteiger partial charge in [-0.05, 0) is 23.3 Å². The molecule has 0 N–H and O–H groups in total. The van der Waals surface area contributed by atoms with Crippen LogP contribution < -0.4 is 0 Å². The van der Waals surface area contributed by atoms with E-state index in [1.165, 1.54) is 27.5 Å². The van der Waals surface area contributed by atoms with Crippen molar-refractivity contribution in [1.29, 1.82) is 0 Å². The lowest BCUT2D eigenvalue weighted by Gasteiger charge is -1.96. The summed E-state index contributed by atoms with van der Waals surface area (Å²) in [6, 6.07) is 13.9. The van der Waals surface area contributed by atoms with E-state index in [0.29, 0.717) is 65.5 Å². The quantitative estimate of drug-likeness (QED) is 0.219. The standard InChI is InChI=1S/C29H13N5O4S2/c1-34-32-20-21(33-34)23-29(40-19(31-23)11-17-13-7-3-5-9-15(13)25(36)27(17)38)28-22(20)30-18(39-28)10-16-12-6-2-4-8-14(12)24(35)26(16)37/h2-11H,1H3/b16-10-,17-11-. The minimum Gasteiger partial charge on any atom is -0.285 e. The molecule has 40 heavy (non-hydrogen) atoms. The van der Waals surface area contributed by atoms with Crippen LogP contribution in [0.4, 0.5) is 0 Å². The zero-order chi connectivity index (χ0) is 27.3. The Morgan fingerprint density at radius 3 is 1.40 bits per heavy atom. The first-order valence-electron chi connectivity index (χ1n) is 12.1. The number of ketones is 4. The molecule has 0 radical (unpaired) electrons. The molecule has 0 unspecified atom stereocenters. The van der Waals surface area contributed by atoms with E-state index in [9.17, 15) is 19.2 Å². The van der Waals surface area contributed by atoms with Crippen LogP contribution in [0.15, 0.2) is 48.5 Å². The summed E-state index contributed by atoms with van der Waals surface area (Å²) >= 11 is 2.72. The summed E-state index contributed by atoms with van der Waals surface area (Å²) in [5.74, 6) is -2.16. The van der Waals surface area contributed by atoms with Gasteiger partial charge in [-0.1, -0.05) is 48.5 Å². The third-order valence-corrected chi connectivity index (χ3v) is 9.19. The number of benzene rings is 3. The maximum absolute atomic E-state index is 12.8. The maximum Gasteiger partial charge on any atom is 0.234 e. The van der Waals surface area contributed by atoms with Crippen molar-refractivity contribution < 1.29 is 19.2 Å². The fraction of sp³-hybridized carbons (Fsp3) is 0.0345. The molecular weight excluding hydrogens is 546 g/mol. The molecule has 0 amide bonds. The van der Waals surface area contributed by atoms with Crippen LogP contribution in [0.3, 0.4) is 0 Å². The Hall–Kier alpha value is -5.00. The lowest BCUT2D eigenvalue weighted by atomic mass is 10.1. The zero-order valence-electron chi connectivity index (χ0n) is 20.5. The van der Waals surface area contributed by atoms with E-state index in [1.807, 2.05) is 0 Å². The average Bonchev–Trinajstić information content (AvgIpc) is 3.75. The molecule has 0 aliphatic heterocycles. The van der Waals surface area contributed by atoms with E-state index in [-0.39, 0.29) is 0 Å². The molecule has 2 aliphatic carbocycles. The van der Waals surface area contributed by atoms with E-state index >= 15 is 0 Å². The van der Waals surface area contributed by atoms with Crippen molar-refractivity contribution >= 4 is 101 Å². The van der Waals surface area contributed by atoms with Gasteiger partial charge in [0.05, 0.1) is 9.40 Å². The van der Waals surface area contributed by atoms with E-state index in [0.717, 1.165) is 9.40 Å². The number of rotatable bonds is 2. The van der Waals surface area contributed by atoms with E-state index in [2.05, 4.69) is 10.2 Å². The van der Waals surface area contributed by atoms with Gasteiger partial charge in [-0.2, -0.15) is 15.0 Å². The van der Waals surface area contributed by atoms with Crippen LogP contribution in [0.5, 0.6) is 0 Å². The van der Waals surface area contributed by atoms with Gasteiger partial charge in [0.25, 0.3) is 0 Å². The van der Waals surface area contributed by atoms with Crippen LogP contribution in [0.1, 0.15) is 41.9 Å². The second-order valence-electron chi connectivity index (χ2n) is 9.37. The number of aryl methyl sites for hydroxylation is 1. The first kappa shape index (κ1) is 22.9. The molecule has 0 fully saturated rings. The van der Waals surface area contributed by atoms with Crippen LogP contribution >= 0.6 is 22.7 Å². The molecule has 190 valence electrons. The van der Waals surface area contributed by atoms with Crippen molar-refractivity contribution in [3.63, 3.8) is 0 Å². The second-order valence-corrected chi connectivity index (χ2v) is 11.4. The van der Waals surface area contributed by atoms with Crippen molar-refractivity contribution in [1.82, 2.24) is 25.0 Å². The van der Waals surface area contributed by atoms with Gasteiger partial charge in [0.15, 0.2) is 0 Å². The zero-order valence-corrected chi connectivity index (χ0v) is 22.1. The van der Waals surface area contributed by atoms with Gasteiger partial charge in [-0.15, -0.1) is 22.7 Å². The van der Waals surface area contributed by atoms with Crippen LogP contribution in [0.2, 0.25) is 0 Å². The lowest BCUT2D eigenvalue weighted by Crippen LogP contribution is -2.05. The first-order chi connectivity index (χ1) is 19.4. The van der Waals surface area contributed by atoms with Crippen LogP contribution in [0.25, 0.3) is 54.8 Å². The molecular formula is C29H13N5O4S2. The Labute approximate surface area is 232 Å². The third kappa shape index (κ3) is 3.07. The fourth-order valence-electron chi connectivity index (χ4n) is 5.25. The predicted molar refractivity (Wildman–Crippen MR) is 152 cm³/mol. The number of hydrogen-bond acceptors (Lipinski definition) is 10. The van der Waals surface area contributed by atoms with Crippen molar-refractivity contribution in [3.8, 4) is 0 Å². The molecule has 3 aromatic carbocycles. The molecule has 8 rings (SSSR count). The average molecular weight is 560 g/mol. The number of Topliss-reactive ketones (excluding diaryl/α,β-unsaturated/α-hetero) is 4. The number of aromatic nitrogens is 5. The summed E-state index contributed by atoms with van der Waals surface area (Å²) in [5.41, 5.74) is 4.91. The number of fused-ring (bicyclic) bond motifs is 8. The Morgan fingerprint density at radius 2 is 0.975 bits per heavy atom. The number of hydrogen-bond donors (Lipinski definition) is 0. The third-order valence-electron chi connectivity index (χ3n) is 7.02. The molecule has 0 atom stereocenters. The molecule has 9 nitrogen and oxygen atoms in total. The Bertz CT molecular complexity index is 2110. The highest BCUT2D eigenvalue weighted by Gasteiger charge is 2.34. The largest absolute Gasteiger partial charge is 0.285 e. The maximum atomic E-state index is 12.8. The van der Waals surface area contributed by atoms with Crippen molar-refractivity contribution in [2.75, 3.05) is 0 Å². The van der Waals surface area contributed by atoms with Gasteiger partial charge in [0, 0.05) is 29.3 Å². The number of thiazole rings is 2. The number of carbonyl (C=O) groups excluding carboxylic acids is 4. The van der Waals surface area contributed by atoms with Crippen molar-refractivity contribution in [3.05, 3.63) is 80.8 Å². The molecule has 11 heteroatoms. The lowest BCUT2D eigenvalue weighted by molar-refractivity contribution is -0.110. The number of carbonyl (C=O) groups is 4. The smallest absolute Gasteiger partial charge is 0.234 e. The molecule has 0 saturated heterocycles. The highest BCUT2D eigenvalue weighted by molar-refractivity contribution is 7.27. The SMILES string of the molecule is Cn1nc2c(n1)c1nc(/C=C3\C(=O)C(=O)c4ccccc43)sc1c1sc(/C=C3\C(=O)C(=O)c4ccccc43)nc21. The van der Waals surface area contributed by atoms with Crippen molar-refractivity contribution in [2.24, 2.45) is 7.05 Å². The van der Waals surface area contributed by atoms with Gasteiger partial charge in [-0.3, -0.25) is 19.2 Å². The van der Waals surface area contributed by atoms with Crippen molar-refractivity contribution in [2.45, 2.75) is 0 Å².